The minimum atomic E-state index is 0.459. The van der Waals surface area contributed by atoms with Crippen LogP contribution in [0.1, 0.15) is 18.4 Å². The third-order valence-corrected chi connectivity index (χ3v) is 7.86. The molecular weight excluding hydrogens is 580 g/mol. The van der Waals surface area contributed by atoms with Gasteiger partial charge in [0.1, 0.15) is 0 Å². The first-order valence-electron chi connectivity index (χ1n) is 15.3. The molecule has 0 radical (unpaired) electrons. The number of nitrogens with zero attached hydrogens (tertiary/aromatic N) is 4. The molecule has 0 N–H and O–H groups in total. The molecule has 0 atom stereocenters. The van der Waals surface area contributed by atoms with E-state index < -0.39 is 0 Å². The predicted molar refractivity (Wildman–Crippen MR) is 188 cm³/mol. The SMILES string of the molecule is C=C/C(=C\C=C(/C)c1nnc(-c2ccc(-c3ccccc3)cc2)o1)c1ccc(-c2nnc(-c3ccc(-c4ccccc4)cc3)o2)cc1. The highest BCUT2D eigenvalue weighted by Gasteiger charge is 2.13. The summed E-state index contributed by atoms with van der Waals surface area (Å²) in [6.07, 6.45) is 5.75. The van der Waals surface area contributed by atoms with Crippen molar-refractivity contribution < 1.29 is 8.83 Å². The van der Waals surface area contributed by atoms with E-state index in [0.29, 0.717) is 23.6 Å². The molecule has 2 heterocycles. The van der Waals surface area contributed by atoms with Crippen LogP contribution in [0, 0.1) is 0 Å². The van der Waals surface area contributed by atoms with Gasteiger partial charge in [-0.05, 0) is 76.7 Å². The molecule has 0 aliphatic heterocycles. The Hall–Kier alpha value is -6.40. The number of rotatable bonds is 9. The van der Waals surface area contributed by atoms with Gasteiger partial charge in [0.2, 0.25) is 23.6 Å². The summed E-state index contributed by atoms with van der Waals surface area (Å²) in [5.41, 5.74) is 9.93. The van der Waals surface area contributed by atoms with Crippen molar-refractivity contribution in [2.24, 2.45) is 0 Å². The fourth-order valence-corrected chi connectivity index (χ4v) is 5.20. The molecule has 7 rings (SSSR count). The summed E-state index contributed by atoms with van der Waals surface area (Å²) >= 11 is 0. The minimum absolute atomic E-state index is 0.459. The van der Waals surface area contributed by atoms with Crippen LogP contribution in [-0.4, -0.2) is 20.4 Å². The first kappa shape index (κ1) is 29.3. The minimum Gasteiger partial charge on any atom is -0.416 e. The lowest BCUT2D eigenvalue weighted by Gasteiger charge is -2.03. The number of hydrogen-bond acceptors (Lipinski definition) is 6. The fraction of sp³-hybridized carbons (Fsp3) is 0.0244. The van der Waals surface area contributed by atoms with E-state index in [1.54, 1.807) is 0 Å². The van der Waals surface area contributed by atoms with Crippen molar-refractivity contribution in [3.05, 3.63) is 170 Å². The maximum atomic E-state index is 6.03. The van der Waals surface area contributed by atoms with E-state index in [1.807, 2.05) is 110 Å². The number of hydrogen-bond donors (Lipinski definition) is 0. The van der Waals surface area contributed by atoms with Crippen LogP contribution in [0.4, 0.5) is 0 Å². The van der Waals surface area contributed by atoms with Gasteiger partial charge in [-0.15, -0.1) is 20.4 Å². The van der Waals surface area contributed by atoms with E-state index in [4.69, 9.17) is 8.83 Å². The van der Waals surface area contributed by atoms with Crippen molar-refractivity contribution >= 4 is 11.1 Å². The Balaban J connectivity index is 1.03. The Morgan fingerprint density at radius 2 is 0.872 bits per heavy atom. The lowest BCUT2D eigenvalue weighted by atomic mass is 10.0. The fourth-order valence-electron chi connectivity index (χ4n) is 5.20. The second-order valence-corrected chi connectivity index (χ2v) is 11.0. The van der Waals surface area contributed by atoms with Crippen molar-refractivity contribution in [2.75, 3.05) is 0 Å². The van der Waals surface area contributed by atoms with Gasteiger partial charge in [-0.1, -0.05) is 122 Å². The molecule has 47 heavy (non-hydrogen) atoms. The van der Waals surface area contributed by atoms with Crippen LogP contribution in [0.5, 0.6) is 0 Å². The summed E-state index contributed by atoms with van der Waals surface area (Å²) in [4.78, 5) is 0. The molecule has 0 saturated heterocycles. The van der Waals surface area contributed by atoms with Crippen LogP contribution >= 0.6 is 0 Å². The Bertz CT molecular complexity index is 2180. The van der Waals surface area contributed by atoms with E-state index in [9.17, 15) is 0 Å². The van der Waals surface area contributed by atoms with Crippen LogP contribution < -0.4 is 0 Å². The second kappa shape index (κ2) is 13.3. The number of aromatic nitrogens is 4. The molecule has 226 valence electrons. The molecule has 6 nitrogen and oxygen atoms in total. The van der Waals surface area contributed by atoms with Crippen LogP contribution in [0.15, 0.2) is 167 Å². The van der Waals surface area contributed by atoms with Gasteiger partial charge in [-0.2, -0.15) is 0 Å². The lowest BCUT2D eigenvalue weighted by Crippen LogP contribution is -1.83. The Morgan fingerprint density at radius 3 is 1.36 bits per heavy atom. The van der Waals surface area contributed by atoms with Gasteiger partial charge in [-0.3, -0.25) is 0 Å². The summed E-state index contributed by atoms with van der Waals surface area (Å²) in [5.74, 6) is 1.87. The quantitative estimate of drug-likeness (QED) is 0.151. The van der Waals surface area contributed by atoms with Crippen LogP contribution in [-0.2, 0) is 0 Å². The zero-order chi connectivity index (χ0) is 32.0. The van der Waals surface area contributed by atoms with Gasteiger partial charge >= 0.3 is 0 Å². The lowest BCUT2D eigenvalue weighted by molar-refractivity contribution is 0.553. The third kappa shape index (κ3) is 6.53. The maximum Gasteiger partial charge on any atom is 0.248 e. The van der Waals surface area contributed by atoms with E-state index in [-0.39, 0.29) is 0 Å². The average Bonchev–Trinajstić information content (AvgIpc) is 3.85. The van der Waals surface area contributed by atoms with Gasteiger partial charge in [0.15, 0.2) is 0 Å². The molecule has 0 aliphatic rings. The molecule has 0 saturated carbocycles. The molecule has 0 unspecified atom stereocenters. The molecule has 0 fully saturated rings. The van der Waals surface area contributed by atoms with E-state index in [2.05, 4.69) is 75.5 Å². The smallest absolute Gasteiger partial charge is 0.248 e. The molecule has 0 amide bonds. The topological polar surface area (TPSA) is 77.8 Å². The molecule has 0 spiro atoms. The summed E-state index contributed by atoms with van der Waals surface area (Å²) in [6.45, 7) is 5.96. The summed E-state index contributed by atoms with van der Waals surface area (Å²) < 4.78 is 12.0. The van der Waals surface area contributed by atoms with Crippen LogP contribution in [0.25, 0.3) is 67.8 Å². The van der Waals surface area contributed by atoms with E-state index >= 15 is 0 Å². The highest BCUT2D eigenvalue weighted by molar-refractivity contribution is 5.78. The predicted octanol–water partition coefficient (Wildman–Crippen LogP) is 10.5. The van der Waals surface area contributed by atoms with Gasteiger partial charge in [0.25, 0.3) is 0 Å². The van der Waals surface area contributed by atoms with Gasteiger partial charge in [0, 0.05) is 22.3 Å². The van der Waals surface area contributed by atoms with Gasteiger partial charge in [0.05, 0.1) is 0 Å². The summed E-state index contributed by atoms with van der Waals surface area (Å²) in [6, 6.07) is 44.7. The second-order valence-electron chi connectivity index (χ2n) is 11.0. The normalized spacial score (nSPS) is 11.9. The Kier molecular flexibility index (Phi) is 8.30. The van der Waals surface area contributed by atoms with Gasteiger partial charge < -0.3 is 8.83 Å². The highest BCUT2D eigenvalue weighted by Crippen LogP contribution is 2.29. The molecular formula is C41H30N4O2. The molecule has 0 bridgehead atoms. The Morgan fingerprint density at radius 1 is 0.468 bits per heavy atom. The first-order chi connectivity index (χ1) is 23.1. The zero-order valence-corrected chi connectivity index (χ0v) is 25.7. The molecule has 7 aromatic rings. The Labute approximate surface area is 273 Å². The van der Waals surface area contributed by atoms with Crippen molar-refractivity contribution in [1.29, 1.82) is 0 Å². The molecule has 0 aliphatic carbocycles. The van der Waals surface area contributed by atoms with Crippen molar-refractivity contribution in [2.45, 2.75) is 6.92 Å². The summed E-state index contributed by atoms with van der Waals surface area (Å²) in [5, 5.41) is 17.1. The van der Waals surface area contributed by atoms with Crippen LogP contribution in [0.2, 0.25) is 0 Å². The molecule has 5 aromatic carbocycles. The van der Waals surface area contributed by atoms with Crippen molar-refractivity contribution in [3.63, 3.8) is 0 Å². The molecule has 6 heteroatoms. The highest BCUT2D eigenvalue weighted by atomic mass is 16.4. The largest absolute Gasteiger partial charge is 0.416 e. The maximum absolute atomic E-state index is 6.03. The van der Waals surface area contributed by atoms with Gasteiger partial charge in [-0.25, -0.2) is 0 Å². The average molecular weight is 611 g/mol. The van der Waals surface area contributed by atoms with Crippen molar-refractivity contribution in [3.8, 4) is 56.6 Å². The van der Waals surface area contributed by atoms with E-state index in [0.717, 1.165) is 55.7 Å². The third-order valence-electron chi connectivity index (χ3n) is 7.86. The summed E-state index contributed by atoms with van der Waals surface area (Å²) in [7, 11) is 0. The standard InChI is InChI=1S/C41H30N4O2/c1-3-29(15-14-28(2)38-42-43-39(46-38)35-24-18-33(19-25-35)30-10-6-4-7-11-30)32-16-22-36(23-17-32)40-44-45-41(47-40)37-26-20-34(21-27-37)31-12-8-5-9-13-31/h3-27H,1H2,2H3/b28-14+,29-15+. The first-order valence-corrected chi connectivity index (χ1v) is 15.3. The number of allylic oxidation sites excluding steroid dienone is 5. The van der Waals surface area contributed by atoms with Crippen LogP contribution in [0.3, 0.4) is 0 Å². The van der Waals surface area contributed by atoms with E-state index in [1.165, 1.54) is 0 Å². The monoisotopic (exact) mass is 610 g/mol. The molecule has 2 aromatic heterocycles. The number of benzene rings is 5. The van der Waals surface area contributed by atoms with Crippen molar-refractivity contribution in [1.82, 2.24) is 20.4 Å². The zero-order valence-electron chi connectivity index (χ0n) is 25.7.